The number of ether oxygens (including phenoxy) is 2. The molecule has 3 aromatic carbocycles. The fourth-order valence-electron chi connectivity index (χ4n) is 4.59. The largest absolute Gasteiger partial charge is 0.438 e. The third kappa shape index (κ3) is 5.64. The summed E-state index contributed by atoms with van der Waals surface area (Å²) in [6.07, 6.45) is -1.53. The molecule has 8 nitrogen and oxygen atoms in total. The van der Waals surface area contributed by atoms with Crippen LogP contribution in [0.5, 0.6) is 0 Å². The number of hydrogen-bond donors (Lipinski definition) is 1. The van der Waals surface area contributed by atoms with E-state index in [1.165, 1.54) is 29.2 Å². The van der Waals surface area contributed by atoms with Gasteiger partial charge in [0, 0.05) is 29.4 Å². The van der Waals surface area contributed by atoms with Crippen molar-refractivity contribution in [2.75, 3.05) is 31.6 Å². The molecule has 0 aromatic heterocycles. The number of rotatable bonds is 6. The van der Waals surface area contributed by atoms with Crippen LogP contribution in [0.1, 0.15) is 27.6 Å². The van der Waals surface area contributed by atoms with Crippen LogP contribution < -0.4 is 5.32 Å². The monoisotopic (exact) mass is 537 g/mol. The highest BCUT2D eigenvalue weighted by molar-refractivity contribution is 6.30. The normalized spacial score (nSPS) is 19.3. The molecule has 196 valence electrons. The van der Waals surface area contributed by atoms with Gasteiger partial charge in [-0.25, -0.2) is 9.18 Å². The van der Waals surface area contributed by atoms with Crippen molar-refractivity contribution >= 4 is 35.2 Å². The Morgan fingerprint density at radius 1 is 1.00 bits per heavy atom. The zero-order valence-corrected chi connectivity index (χ0v) is 21.1. The van der Waals surface area contributed by atoms with Crippen LogP contribution in [0.25, 0.3) is 0 Å². The zero-order chi connectivity index (χ0) is 26.6. The molecule has 5 rings (SSSR count). The van der Waals surface area contributed by atoms with Gasteiger partial charge < -0.3 is 19.7 Å². The molecule has 0 radical (unpaired) electrons. The van der Waals surface area contributed by atoms with Crippen molar-refractivity contribution in [3.63, 3.8) is 0 Å². The minimum atomic E-state index is -0.928. The molecular formula is C28H25ClFN3O5. The lowest BCUT2D eigenvalue weighted by atomic mass is 9.99. The molecule has 38 heavy (non-hydrogen) atoms. The summed E-state index contributed by atoms with van der Waals surface area (Å²) in [5.41, 5.74) is 2.04. The van der Waals surface area contributed by atoms with Crippen LogP contribution in [0.3, 0.4) is 0 Å². The van der Waals surface area contributed by atoms with Gasteiger partial charge >= 0.3 is 6.09 Å². The Hall–Kier alpha value is -3.95. The molecule has 2 heterocycles. The Kier molecular flexibility index (Phi) is 7.57. The first-order chi connectivity index (χ1) is 18.4. The number of morpholine rings is 1. The second kappa shape index (κ2) is 11.2. The van der Waals surface area contributed by atoms with Crippen molar-refractivity contribution in [2.24, 2.45) is 0 Å². The third-order valence-electron chi connectivity index (χ3n) is 6.48. The van der Waals surface area contributed by atoms with E-state index in [4.69, 9.17) is 21.1 Å². The van der Waals surface area contributed by atoms with Crippen molar-refractivity contribution < 1.29 is 28.2 Å². The summed E-state index contributed by atoms with van der Waals surface area (Å²) in [5.74, 6) is -1.11. The Balaban J connectivity index is 1.43. The van der Waals surface area contributed by atoms with Gasteiger partial charge in [0.2, 0.25) is 5.91 Å². The lowest BCUT2D eigenvalue weighted by Crippen LogP contribution is -2.51. The molecular weight excluding hydrogens is 513 g/mol. The number of amides is 3. The summed E-state index contributed by atoms with van der Waals surface area (Å²) in [5, 5.41) is 3.30. The van der Waals surface area contributed by atoms with Crippen LogP contribution in [0, 0.1) is 5.82 Å². The molecule has 3 amide bonds. The summed E-state index contributed by atoms with van der Waals surface area (Å²) >= 11 is 6.15. The summed E-state index contributed by atoms with van der Waals surface area (Å²) in [7, 11) is 0. The summed E-state index contributed by atoms with van der Waals surface area (Å²) in [6, 6.07) is 18.1. The maximum absolute atomic E-state index is 13.7. The van der Waals surface area contributed by atoms with Gasteiger partial charge in [0.05, 0.1) is 19.8 Å². The van der Waals surface area contributed by atoms with Crippen molar-refractivity contribution in [1.29, 1.82) is 0 Å². The average Bonchev–Trinajstić information content (AvgIpc) is 3.25. The molecule has 2 saturated heterocycles. The third-order valence-corrected chi connectivity index (χ3v) is 6.72. The first kappa shape index (κ1) is 25.7. The molecule has 1 N–H and O–H groups in total. The minimum absolute atomic E-state index is 0.137. The summed E-state index contributed by atoms with van der Waals surface area (Å²) < 4.78 is 24.4. The molecule has 0 spiro atoms. The van der Waals surface area contributed by atoms with Crippen molar-refractivity contribution in [1.82, 2.24) is 9.80 Å². The van der Waals surface area contributed by atoms with Gasteiger partial charge in [-0.15, -0.1) is 0 Å². The Morgan fingerprint density at radius 3 is 2.47 bits per heavy atom. The highest BCUT2D eigenvalue weighted by atomic mass is 35.5. The van der Waals surface area contributed by atoms with E-state index in [1.54, 1.807) is 47.4 Å². The van der Waals surface area contributed by atoms with E-state index in [0.29, 0.717) is 42.6 Å². The minimum Gasteiger partial charge on any atom is -0.438 e. The van der Waals surface area contributed by atoms with E-state index in [0.717, 1.165) is 5.56 Å². The maximum atomic E-state index is 13.7. The van der Waals surface area contributed by atoms with Gasteiger partial charge in [-0.05, 0) is 59.7 Å². The average molecular weight is 538 g/mol. The smallest absolute Gasteiger partial charge is 0.411 e. The van der Waals surface area contributed by atoms with E-state index in [-0.39, 0.29) is 18.0 Å². The number of nitrogens with zero attached hydrogens (tertiary/aromatic N) is 2. The molecule has 10 heteroatoms. The fourth-order valence-corrected chi connectivity index (χ4v) is 4.81. The van der Waals surface area contributed by atoms with Crippen LogP contribution >= 0.6 is 11.6 Å². The topological polar surface area (TPSA) is 88.2 Å². The highest BCUT2D eigenvalue weighted by Gasteiger charge is 2.48. The van der Waals surface area contributed by atoms with Gasteiger partial charge in [-0.1, -0.05) is 35.9 Å². The number of carbonyl (C=O) groups is 3. The van der Waals surface area contributed by atoms with E-state index < -0.39 is 30.0 Å². The first-order valence-corrected chi connectivity index (χ1v) is 12.5. The zero-order valence-electron chi connectivity index (χ0n) is 20.3. The van der Waals surface area contributed by atoms with Gasteiger partial charge in [0.1, 0.15) is 5.82 Å². The first-order valence-electron chi connectivity index (χ1n) is 12.1. The molecule has 0 bridgehead atoms. The summed E-state index contributed by atoms with van der Waals surface area (Å²) in [4.78, 5) is 42.6. The van der Waals surface area contributed by atoms with Crippen LogP contribution in [-0.4, -0.2) is 60.1 Å². The lowest BCUT2D eigenvalue weighted by Gasteiger charge is -2.33. The Morgan fingerprint density at radius 2 is 1.74 bits per heavy atom. The molecule has 3 aromatic rings. The molecule has 0 aliphatic carbocycles. The number of cyclic esters (lactones) is 1. The van der Waals surface area contributed by atoms with Crippen LogP contribution in [-0.2, 0) is 20.8 Å². The highest BCUT2D eigenvalue weighted by Crippen LogP contribution is 2.36. The fraction of sp³-hybridized carbons (Fsp3) is 0.250. The maximum Gasteiger partial charge on any atom is 0.411 e. The predicted octanol–water partition coefficient (Wildman–Crippen LogP) is 4.65. The standard InChI is InChI=1S/C28H25ClFN3O5/c29-21-5-1-3-18(15-21)17-33-24(27(35)32-11-13-37-14-12-32)25(38-28(33)36)20-4-2-6-23(16-20)31-26(34)19-7-9-22(30)10-8-19/h1-10,15-16,24-25H,11-14,17H2,(H,31,34). The van der Waals surface area contributed by atoms with Gasteiger partial charge in [0.25, 0.3) is 5.91 Å². The van der Waals surface area contributed by atoms with E-state index >= 15 is 0 Å². The number of carbonyl (C=O) groups excluding carboxylic acids is 3. The Labute approximate surface area is 223 Å². The summed E-state index contributed by atoms with van der Waals surface area (Å²) in [6.45, 7) is 1.79. The predicted molar refractivity (Wildman–Crippen MR) is 138 cm³/mol. The second-order valence-electron chi connectivity index (χ2n) is 9.03. The number of benzene rings is 3. The van der Waals surface area contributed by atoms with Gasteiger partial charge in [-0.2, -0.15) is 0 Å². The van der Waals surface area contributed by atoms with Gasteiger partial charge in [-0.3, -0.25) is 14.5 Å². The van der Waals surface area contributed by atoms with Crippen LogP contribution in [0.4, 0.5) is 14.9 Å². The number of halogens is 2. The molecule has 2 fully saturated rings. The Bertz CT molecular complexity index is 1350. The van der Waals surface area contributed by atoms with Crippen molar-refractivity contribution in [3.05, 3.63) is 100 Å². The molecule has 2 unspecified atom stereocenters. The molecule has 2 aliphatic heterocycles. The van der Waals surface area contributed by atoms with E-state index in [9.17, 15) is 18.8 Å². The van der Waals surface area contributed by atoms with E-state index in [2.05, 4.69) is 5.32 Å². The number of nitrogens with one attached hydrogen (secondary N) is 1. The lowest BCUT2D eigenvalue weighted by molar-refractivity contribution is -0.141. The molecule has 0 saturated carbocycles. The molecule has 2 atom stereocenters. The number of hydrogen-bond acceptors (Lipinski definition) is 5. The van der Waals surface area contributed by atoms with Crippen LogP contribution in [0.2, 0.25) is 5.02 Å². The quantitative estimate of drug-likeness (QED) is 0.494. The van der Waals surface area contributed by atoms with Gasteiger partial charge in [0.15, 0.2) is 12.1 Å². The van der Waals surface area contributed by atoms with Crippen molar-refractivity contribution in [2.45, 2.75) is 18.7 Å². The van der Waals surface area contributed by atoms with E-state index in [1.807, 2.05) is 6.07 Å². The molecule has 2 aliphatic rings. The SMILES string of the molecule is O=C(Nc1cccc(C2OC(=O)N(Cc3cccc(Cl)c3)C2C(=O)N2CCOCC2)c1)c1ccc(F)cc1. The number of anilines is 1. The van der Waals surface area contributed by atoms with Crippen molar-refractivity contribution in [3.8, 4) is 0 Å². The second-order valence-corrected chi connectivity index (χ2v) is 9.47. The van der Waals surface area contributed by atoms with Crippen LogP contribution in [0.15, 0.2) is 72.8 Å².